The predicted molar refractivity (Wildman–Crippen MR) is 116 cm³/mol. The zero-order valence-corrected chi connectivity index (χ0v) is 18.6. The van der Waals surface area contributed by atoms with Gasteiger partial charge in [0.05, 0.1) is 11.8 Å². The summed E-state index contributed by atoms with van der Waals surface area (Å²) in [6, 6.07) is 0. The van der Waals surface area contributed by atoms with Crippen molar-refractivity contribution >= 4 is 23.9 Å². The van der Waals surface area contributed by atoms with Gasteiger partial charge < -0.3 is 20.4 Å². The number of rotatable bonds is 22. The Kier molecular flexibility index (Phi) is 17.4. The van der Waals surface area contributed by atoms with Crippen molar-refractivity contribution in [2.45, 2.75) is 109 Å². The molecule has 0 amide bonds. The molecule has 0 aromatic rings. The minimum atomic E-state index is -1.05. The lowest BCUT2D eigenvalue weighted by Gasteiger charge is -2.20. The fourth-order valence-electron chi connectivity index (χ4n) is 3.87. The molecule has 0 saturated carbocycles. The van der Waals surface area contributed by atoms with Gasteiger partial charge in [-0.15, -0.1) is 0 Å². The summed E-state index contributed by atoms with van der Waals surface area (Å²) >= 11 is 0. The topological polar surface area (TPSA) is 149 Å². The number of hydrogen-bond acceptors (Lipinski definition) is 4. The molecule has 8 nitrogen and oxygen atoms in total. The first-order valence-corrected chi connectivity index (χ1v) is 11.6. The van der Waals surface area contributed by atoms with Crippen LogP contribution < -0.4 is 0 Å². The minimum Gasteiger partial charge on any atom is -0.481 e. The summed E-state index contributed by atoms with van der Waals surface area (Å²) in [5, 5.41) is 36.2. The Hall–Kier alpha value is -2.12. The van der Waals surface area contributed by atoms with Gasteiger partial charge in [-0.05, 0) is 25.7 Å². The van der Waals surface area contributed by atoms with Crippen molar-refractivity contribution in [2.24, 2.45) is 11.8 Å². The van der Waals surface area contributed by atoms with Crippen LogP contribution in [-0.2, 0) is 19.2 Å². The van der Waals surface area contributed by atoms with Crippen LogP contribution in [0.3, 0.4) is 0 Å². The third-order valence-corrected chi connectivity index (χ3v) is 5.68. The van der Waals surface area contributed by atoms with Crippen molar-refractivity contribution in [3.8, 4) is 0 Å². The lowest BCUT2D eigenvalue weighted by molar-refractivity contribution is -0.154. The lowest BCUT2D eigenvalue weighted by Crippen LogP contribution is -2.30. The molecule has 2 atom stereocenters. The molecule has 0 saturated heterocycles. The minimum absolute atomic E-state index is 0.173. The Morgan fingerprint density at radius 1 is 0.419 bits per heavy atom. The molecular weight excluding hydrogens is 404 g/mol. The summed E-state index contributed by atoms with van der Waals surface area (Å²) in [7, 11) is 0. The van der Waals surface area contributed by atoms with Crippen molar-refractivity contribution in [3.63, 3.8) is 0 Å². The summed E-state index contributed by atoms with van der Waals surface area (Å²) in [6.07, 6.45) is 11.8. The summed E-state index contributed by atoms with van der Waals surface area (Å²) in [4.78, 5) is 44.2. The lowest BCUT2D eigenvalue weighted by atomic mass is 9.84. The van der Waals surface area contributed by atoms with Crippen molar-refractivity contribution in [2.75, 3.05) is 0 Å². The van der Waals surface area contributed by atoms with E-state index in [0.29, 0.717) is 38.5 Å². The van der Waals surface area contributed by atoms with E-state index in [2.05, 4.69) is 0 Å². The molecule has 0 radical (unpaired) electrons. The fourth-order valence-corrected chi connectivity index (χ4v) is 3.87. The molecule has 2 unspecified atom stereocenters. The molecule has 0 rings (SSSR count). The van der Waals surface area contributed by atoms with Gasteiger partial charge in [-0.25, -0.2) is 0 Å². The van der Waals surface area contributed by atoms with Crippen LogP contribution in [0.15, 0.2) is 0 Å². The second-order valence-corrected chi connectivity index (χ2v) is 8.35. The highest BCUT2D eigenvalue weighted by molar-refractivity contribution is 5.79. The number of unbranched alkanes of at least 4 members (excludes halogenated alkanes) is 11. The van der Waals surface area contributed by atoms with Crippen molar-refractivity contribution in [1.82, 2.24) is 0 Å². The molecule has 0 aromatic heterocycles. The Morgan fingerprint density at radius 3 is 0.935 bits per heavy atom. The molecule has 0 heterocycles. The fraction of sp³-hybridized carbons (Fsp3) is 0.826. The number of hydrogen-bond donors (Lipinski definition) is 4. The number of carbonyl (C=O) groups is 4. The van der Waals surface area contributed by atoms with Gasteiger partial charge >= 0.3 is 23.9 Å². The second-order valence-electron chi connectivity index (χ2n) is 8.35. The van der Waals surface area contributed by atoms with E-state index in [0.717, 1.165) is 57.8 Å². The Bertz CT molecular complexity index is 532. The first kappa shape index (κ1) is 28.9. The molecule has 4 N–H and O–H groups in total. The maximum absolute atomic E-state index is 11.6. The first-order chi connectivity index (χ1) is 14.8. The van der Waals surface area contributed by atoms with E-state index in [4.69, 9.17) is 10.2 Å². The Morgan fingerprint density at radius 2 is 0.677 bits per heavy atom. The van der Waals surface area contributed by atoms with Crippen molar-refractivity contribution < 1.29 is 39.6 Å². The number of carboxylic acid groups (broad SMARTS) is 4. The average Bonchev–Trinajstić information content (AvgIpc) is 2.68. The summed E-state index contributed by atoms with van der Waals surface area (Å²) < 4.78 is 0. The third-order valence-electron chi connectivity index (χ3n) is 5.68. The van der Waals surface area contributed by atoms with Crippen molar-refractivity contribution in [3.05, 3.63) is 0 Å². The molecule has 8 heteroatoms. The molecule has 180 valence electrons. The van der Waals surface area contributed by atoms with Crippen molar-refractivity contribution in [1.29, 1.82) is 0 Å². The molecular formula is C23H40O8. The Balaban J connectivity index is 4.07. The van der Waals surface area contributed by atoms with E-state index >= 15 is 0 Å². The molecule has 0 aliphatic carbocycles. The van der Waals surface area contributed by atoms with Crippen LogP contribution >= 0.6 is 0 Å². The van der Waals surface area contributed by atoms with E-state index < -0.39 is 35.7 Å². The standard InChI is InChI=1S/C23H40O8/c24-20(25)16-12-8-3-1-2-6-10-14-18(22(28)29)19(23(30)31)15-11-7-4-5-9-13-17-21(26)27/h18-19H,1-17H2,(H,24,25)(H,26,27)(H,28,29)(H,30,31). The average molecular weight is 445 g/mol. The molecule has 0 bridgehead atoms. The predicted octanol–water partition coefficient (Wildman–Crippen LogP) is 5.19. The van der Waals surface area contributed by atoms with Crippen LogP contribution in [0, 0.1) is 11.8 Å². The Labute approximate surface area is 185 Å². The maximum atomic E-state index is 11.6. The highest BCUT2D eigenvalue weighted by atomic mass is 16.4. The number of aliphatic carboxylic acids is 4. The van der Waals surface area contributed by atoms with Gasteiger partial charge in [0.1, 0.15) is 0 Å². The van der Waals surface area contributed by atoms with Gasteiger partial charge in [0.2, 0.25) is 0 Å². The van der Waals surface area contributed by atoms with Gasteiger partial charge in [0.15, 0.2) is 0 Å². The third kappa shape index (κ3) is 17.3. The van der Waals surface area contributed by atoms with E-state index in [-0.39, 0.29) is 12.8 Å². The van der Waals surface area contributed by atoms with Crippen LogP contribution in [0.25, 0.3) is 0 Å². The van der Waals surface area contributed by atoms with Crippen LogP contribution in [0.5, 0.6) is 0 Å². The summed E-state index contributed by atoms with van der Waals surface area (Å²) in [6.45, 7) is 0. The van der Waals surface area contributed by atoms with Crippen LogP contribution in [0.1, 0.15) is 109 Å². The van der Waals surface area contributed by atoms with Gasteiger partial charge in [0.25, 0.3) is 0 Å². The van der Waals surface area contributed by atoms with E-state index in [9.17, 15) is 29.4 Å². The monoisotopic (exact) mass is 444 g/mol. The van der Waals surface area contributed by atoms with Gasteiger partial charge in [-0.3, -0.25) is 19.2 Å². The van der Waals surface area contributed by atoms with Crippen LogP contribution in [0.2, 0.25) is 0 Å². The van der Waals surface area contributed by atoms with Crippen LogP contribution in [-0.4, -0.2) is 44.3 Å². The second kappa shape index (κ2) is 18.6. The van der Waals surface area contributed by atoms with E-state index in [1.807, 2.05) is 0 Å². The van der Waals surface area contributed by atoms with E-state index in [1.54, 1.807) is 0 Å². The largest absolute Gasteiger partial charge is 0.481 e. The zero-order chi connectivity index (χ0) is 23.5. The van der Waals surface area contributed by atoms with Gasteiger partial charge in [0, 0.05) is 12.8 Å². The van der Waals surface area contributed by atoms with Gasteiger partial charge in [-0.1, -0.05) is 70.6 Å². The summed E-state index contributed by atoms with van der Waals surface area (Å²) in [5.41, 5.74) is 0. The maximum Gasteiger partial charge on any atom is 0.307 e. The molecule has 0 aliphatic rings. The molecule has 0 aromatic carbocycles. The molecule has 0 spiro atoms. The summed E-state index contributed by atoms with van der Waals surface area (Å²) in [5.74, 6) is -5.41. The SMILES string of the molecule is O=C(O)CCCCCCCCCC(C(=O)O)C(CCCCCCCCC(=O)O)C(=O)O. The normalized spacial score (nSPS) is 12.9. The highest BCUT2D eigenvalue weighted by Gasteiger charge is 2.32. The van der Waals surface area contributed by atoms with E-state index in [1.165, 1.54) is 0 Å². The first-order valence-electron chi connectivity index (χ1n) is 11.6. The smallest absolute Gasteiger partial charge is 0.307 e. The molecule has 0 aliphatic heterocycles. The highest BCUT2D eigenvalue weighted by Crippen LogP contribution is 2.26. The molecule has 31 heavy (non-hydrogen) atoms. The molecule has 0 fully saturated rings. The zero-order valence-electron chi connectivity index (χ0n) is 18.6. The quantitative estimate of drug-likeness (QED) is 0.167. The van der Waals surface area contributed by atoms with Gasteiger partial charge in [-0.2, -0.15) is 0 Å². The number of carboxylic acids is 4. The van der Waals surface area contributed by atoms with Crippen LogP contribution in [0.4, 0.5) is 0 Å².